The third-order valence-corrected chi connectivity index (χ3v) is 3.51. The van der Waals surface area contributed by atoms with Crippen LogP contribution in [0.2, 0.25) is 0 Å². The molecule has 0 spiro atoms. The highest BCUT2D eigenvalue weighted by Gasteiger charge is 2.13. The highest BCUT2D eigenvalue weighted by Crippen LogP contribution is 2.37. The smallest absolute Gasteiger partial charge is 0.175 e. The summed E-state index contributed by atoms with van der Waals surface area (Å²) in [6, 6.07) is 4.21. The molecule has 0 aliphatic carbocycles. The molecule has 0 aliphatic heterocycles. The molecule has 114 valence electrons. The van der Waals surface area contributed by atoms with Crippen molar-refractivity contribution in [2.24, 2.45) is 5.73 Å². The molecule has 0 bridgehead atoms. The molecule has 0 saturated carbocycles. The molecule has 0 aromatic heterocycles. The lowest BCUT2D eigenvalue weighted by molar-refractivity contribution is 0.143. The molecule has 5 heteroatoms. The van der Waals surface area contributed by atoms with E-state index in [1.54, 1.807) is 7.11 Å². The average molecular weight is 346 g/mol. The van der Waals surface area contributed by atoms with Crippen LogP contribution in [0.25, 0.3) is 0 Å². The lowest BCUT2D eigenvalue weighted by atomic mass is 10.0. The summed E-state index contributed by atoms with van der Waals surface area (Å²) in [6.07, 6.45) is 1.78. The summed E-state index contributed by atoms with van der Waals surface area (Å²) in [5.41, 5.74) is 7.16. The fourth-order valence-corrected chi connectivity index (χ4v) is 2.42. The zero-order chi connectivity index (χ0) is 15.0. The van der Waals surface area contributed by atoms with Crippen LogP contribution in [-0.4, -0.2) is 33.0 Å². The normalized spacial score (nSPS) is 12.2. The van der Waals surface area contributed by atoms with E-state index in [1.807, 2.05) is 19.1 Å². The second-order valence-electron chi connectivity index (χ2n) is 4.55. The number of halogens is 1. The highest BCUT2D eigenvalue weighted by atomic mass is 79.9. The largest absolute Gasteiger partial charge is 0.490 e. The van der Waals surface area contributed by atoms with Crippen molar-refractivity contribution in [3.63, 3.8) is 0 Å². The molecule has 0 radical (unpaired) electrons. The van der Waals surface area contributed by atoms with Crippen molar-refractivity contribution >= 4 is 15.9 Å². The Labute approximate surface area is 129 Å². The maximum absolute atomic E-state index is 6.01. The van der Waals surface area contributed by atoms with Gasteiger partial charge >= 0.3 is 0 Å². The first-order chi connectivity index (χ1) is 9.62. The molecular weight excluding hydrogens is 322 g/mol. The molecule has 20 heavy (non-hydrogen) atoms. The summed E-state index contributed by atoms with van der Waals surface area (Å²) in [6.45, 7) is 5.67. The Balaban J connectivity index is 2.92. The van der Waals surface area contributed by atoms with Crippen molar-refractivity contribution in [2.45, 2.75) is 32.7 Å². The second-order valence-corrected chi connectivity index (χ2v) is 5.41. The van der Waals surface area contributed by atoms with Gasteiger partial charge in [0.25, 0.3) is 0 Å². The molecule has 1 aromatic carbocycles. The molecule has 4 nitrogen and oxygen atoms in total. The van der Waals surface area contributed by atoms with E-state index < -0.39 is 0 Å². The van der Waals surface area contributed by atoms with Gasteiger partial charge in [0.1, 0.15) is 6.61 Å². The molecule has 0 aliphatic rings. The first kappa shape index (κ1) is 17.3. The monoisotopic (exact) mass is 345 g/mol. The van der Waals surface area contributed by atoms with Gasteiger partial charge in [-0.05, 0) is 53.4 Å². The summed E-state index contributed by atoms with van der Waals surface area (Å²) >= 11 is 3.55. The molecule has 2 N–H and O–H groups in total. The molecule has 1 aromatic rings. The lowest BCUT2D eigenvalue weighted by Gasteiger charge is -2.16. The number of rotatable bonds is 9. The summed E-state index contributed by atoms with van der Waals surface area (Å²) in [7, 11) is 1.65. The number of ether oxygens (including phenoxy) is 3. The van der Waals surface area contributed by atoms with E-state index in [-0.39, 0.29) is 6.04 Å². The van der Waals surface area contributed by atoms with Gasteiger partial charge in [-0.1, -0.05) is 6.92 Å². The zero-order valence-corrected chi connectivity index (χ0v) is 14.0. The Kier molecular flexibility index (Phi) is 7.95. The number of nitrogens with two attached hydrogens (primary N) is 1. The van der Waals surface area contributed by atoms with Gasteiger partial charge in [-0.2, -0.15) is 0 Å². The predicted molar refractivity (Wildman–Crippen MR) is 84.7 cm³/mol. The molecule has 1 unspecified atom stereocenters. The van der Waals surface area contributed by atoms with Crippen molar-refractivity contribution in [3.8, 4) is 11.5 Å². The van der Waals surface area contributed by atoms with Crippen LogP contribution in [0.15, 0.2) is 16.6 Å². The number of benzene rings is 1. The van der Waals surface area contributed by atoms with Gasteiger partial charge in [0.15, 0.2) is 11.5 Å². The SMILES string of the molecule is CCOc1cc(CC(N)CC)cc(Br)c1OCCOC. The van der Waals surface area contributed by atoms with E-state index in [1.165, 1.54) is 0 Å². The van der Waals surface area contributed by atoms with Crippen LogP contribution in [0, 0.1) is 0 Å². The van der Waals surface area contributed by atoms with E-state index in [9.17, 15) is 0 Å². The van der Waals surface area contributed by atoms with Crippen molar-refractivity contribution in [2.75, 3.05) is 26.9 Å². The van der Waals surface area contributed by atoms with Crippen LogP contribution in [0.3, 0.4) is 0 Å². The van der Waals surface area contributed by atoms with Crippen LogP contribution in [-0.2, 0) is 11.2 Å². The van der Waals surface area contributed by atoms with E-state index >= 15 is 0 Å². The number of methoxy groups -OCH3 is 1. The Morgan fingerprint density at radius 1 is 1.20 bits per heavy atom. The fourth-order valence-electron chi connectivity index (χ4n) is 1.82. The fraction of sp³-hybridized carbons (Fsp3) is 0.600. The summed E-state index contributed by atoms with van der Waals surface area (Å²) in [4.78, 5) is 0. The van der Waals surface area contributed by atoms with Crippen LogP contribution < -0.4 is 15.2 Å². The minimum absolute atomic E-state index is 0.164. The van der Waals surface area contributed by atoms with E-state index in [0.717, 1.165) is 34.4 Å². The lowest BCUT2D eigenvalue weighted by Crippen LogP contribution is -2.21. The van der Waals surface area contributed by atoms with E-state index in [0.29, 0.717) is 19.8 Å². The third kappa shape index (κ3) is 5.31. The van der Waals surface area contributed by atoms with Gasteiger partial charge in [-0.25, -0.2) is 0 Å². The molecule has 0 saturated heterocycles. The molecule has 1 rings (SSSR count). The maximum Gasteiger partial charge on any atom is 0.175 e. The Morgan fingerprint density at radius 2 is 1.95 bits per heavy atom. The van der Waals surface area contributed by atoms with E-state index in [2.05, 4.69) is 22.9 Å². The topological polar surface area (TPSA) is 53.7 Å². The van der Waals surface area contributed by atoms with Crippen LogP contribution in [0.1, 0.15) is 25.8 Å². The average Bonchev–Trinajstić information content (AvgIpc) is 2.42. The predicted octanol–water partition coefficient (Wildman–Crippen LogP) is 3.15. The quantitative estimate of drug-likeness (QED) is 0.698. The Bertz CT molecular complexity index is 412. The maximum atomic E-state index is 6.01. The van der Waals surface area contributed by atoms with Gasteiger partial charge in [0.05, 0.1) is 17.7 Å². The molecular formula is C15H24BrNO3. The van der Waals surface area contributed by atoms with Gasteiger partial charge in [-0.15, -0.1) is 0 Å². The standard InChI is InChI=1S/C15H24BrNO3/c1-4-12(17)8-11-9-13(16)15(20-7-6-18-3)14(10-11)19-5-2/h9-10,12H,4-8,17H2,1-3H3. The zero-order valence-electron chi connectivity index (χ0n) is 12.4. The second kappa shape index (κ2) is 9.21. The van der Waals surface area contributed by atoms with Crippen molar-refractivity contribution in [1.29, 1.82) is 0 Å². The van der Waals surface area contributed by atoms with Crippen LogP contribution in [0.5, 0.6) is 11.5 Å². The van der Waals surface area contributed by atoms with E-state index in [4.69, 9.17) is 19.9 Å². The Hall–Kier alpha value is -0.780. The molecule has 0 amide bonds. The molecule has 0 fully saturated rings. The summed E-state index contributed by atoms with van der Waals surface area (Å²) < 4.78 is 17.3. The van der Waals surface area contributed by atoms with Crippen molar-refractivity contribution in [1.82, 2.24) is 0 Å². The van der Waals surface area contributed by atoms with Gasteiger partial charge in [0.2, 0.25) is 0 Å². The first-order valence-electron chi connectivity index (χ1n) is 6.94. The number of hydrogen-bond acceptors (Lipinski definition) is 4. The number of hydrogen-bond donors (Lipinski definition) is 1. The van der Waals surface area contributed by atoms with Crippen LogP contribution >= 0.6 is 15.9 Å². The van der Waals surface area contributed by atoms with Gasteiger partial charge in [-0.3, -0.25) is 0 Å². The summed E-state index contributed by atoms with van der Waals surface area (Å²) in [5, 5.41) is 0. The molecule has 1 atom stereocenters. The van der Waals surface area contributed by atoms with Gasteiger partial charge in [0, 0.05) is 13.2 Å². The summed E-state index contributed by atoms with van der Waals surface area (Å²) in [5.74, 6) is 1.47. The van der Waals surface area contributed by atoms with Crippen LogP contribution in [0.4, 0.5) is 0 Å². The third-order valence-electron chi connectivity index (χ3n) is 2.93. The minimum atomic E-state index is 0.164. The molecule has 0 heterocycles. The van der Waals surface area contributed by atoms with Gasteiger partial charge < -0.3 is 19.9 Å². The Morgan fingerprint density at radius 3 is 2.55 bits per heavy atom. The highest BCUT2D eigenvalue weighted by molar-refractivity contribution is 9.10. The first-order valence-corrected chi connectivity index (χ1v) is 7.74. The van der Waals surface area contributed by atoms with Crippen molar-refractivity contribution < 1.29 is 14.2 Å². The van der Waals surface area contributed by atoms with Crippen molar-refractivity contribution in [3.05, 3.63) is 22.2 Å². The minimum Gasteiger partial charge on any atom is -0.490 e.